The van der Waals surface area contributed by atoms with Gasteiger partial charge in [0, 0.05) is 22.6 Å². The SMILES string of the molecule is CC/C=C(\[B]Cc1ccc(C2=C(C)CC/C=C\C(C)C=N2)cc1)c1ccc(SF)cc1. The number of benzene rings is 2. The first-order chi connectivity index (χ1) is 15.1. The Morgan fingerprint density at radius 3 is 2.58 bits per heavy atom. The summed E-state index contributed by atoms with van der Waals surface area (Å²) in [5.74, 6) is 0.358. The molecule has 1 atom stereocenters. The molecule has 1 radical (unpaired) electrons. The normalized spacial score (nSPS) is 18.3. The maximum Gasteiger partial charge on any atom is 0.156 e. The average Bonchev–Trinajstić information content (AvgIpc) is 2.88. The molecule has 0 spiro atoms. The van der Waals surface area contributed by atoms with E-state index in [0.717, 1.165) is 36.8 Å². The Morgan fingerprint density at radius 1 is 1.16 bits per heavy atom. The molecule has 2 aromatic carbocycles. The van der Waals surface area contributed by atoms with E-state index in [1.165, 1.54) is 22.2 Å². The van der Waals surface area contributed by atoms with Crippen molar-refractivity contribution in [3.8, 4) is 0 Å². The summed E-state index contributed by atoms with van der Waals surface area (Å²) < 4.78 is 12.7. The van der Waals surface area contributed by atoms with Crippen molar-refractivity contribution in [3.05, 3.63) is 89.0 Å². The van der Waals surface area contributed by atoms with E-state index >= 15 is 0 Å². The molecule has 4 heteroatoms. The van der Waals surface area contributed by atoms with Crippen LogP contribution in [-0.2, 0) is 6.32 Å². The number of allylic oxidation sites excluding steroid dienone is 4. The molecule has 1 aliphatic rings. The molecule has 0 saturated heterocycles. The fourth-order valence-electron chi connectivity index (χ4n) is 3.67. The highest BCUT2D eigenvalue weighted by Crippen LogP contribution is 2.26. The first kappa shape index (κ1) is 23.3. The average molecular weight is 430 g/mol. The molecule has 1 unspecified atom stereocenters. The molecule has 3 rings (SSSR count). The Balaban J connectivity index is 1.71. The van der Waals surface area contributed by atoms with Crippen molar-refractivity contribution in [2.75, 3.05) is 0 Å². The predicted molar refractivity (Wildman–Crippen MR) is 136 cm³/mol. The van der Waals surface area contributed by atoms with Gasteiger partial charge in [0.1, 0.15) is 0 Å². The van der Waals surface area contributed by atoms with Crippen LogP contribution < -0.4 is 0 Å². The van der Waals surface area contributed by atoms with E-state index in [0.29, 0.717) is 10.8 Å². The summed E-state index contributed by atoms with van der Waals surface area (Å²) in [6.07, 6.45) is 12.7. The highest BCUT2D eigenvalue weighted by atomic mass is 32.2. The molecule has 31 heavy (non-hydrogen) atoms. The van der Waals surface area contributed by atoms with Crippen LogP contribution in [0.3, 0.4) is 0 Å². The molecule has 1 nitrogen and oxygen atoms in total. The molecule has 0 aromatic heterocycles. The quantitative estimate of drug-likeness (QED) is 0.319. The van der Waals surface area contributed by atoms with Crippen LogP contribution in [0.25, 0.3) is 11.2 Å². The molecule has 0 fully saturated rings. The zero-order chi connectivity index (χ0) is 22.1. The van der Waals surface area contributed by atoms with Gasteiger partial charge in [-0.3, -0.25) is 4.99 Å². The van der Waals surface area contributed by atoms with Crippen LogP contribution in [0.5, 0.6) is 0 Å². The van der Waals surface area contributed by atoms with Gasteiger partial charge in [0.25, 0.3) is 0 Å². The summed E-state index contributed by atoms with van der Waals surface area (Å²) in [6.45, 7) is 6.49. The van der Waals surface area contributed by atoms with Crippen molar-refractivity contribution in [1.29, 1.82) is 0 Å². The predicted octanol–water partition coefficient (Wildman–Crippen LogP) is 8.11. The van der Waals surface area contributed by atoms with Gasteiger partial charge in [-0.15, -0.1) is 0 Å². The van der Waals surface area contributed by atoms with Gasteiger partial charge in [0.15, 0.2) is 7.28 Å². The lowest BCUT2D eigenvalue weighted by Gasteiger charge is -2.10. The van der Waals surface area contributed by atoms with Crippen LogP contribution in [-0.4, -0.2) is 13.5 Å². The highest BCUT2D eigenvalue weighted by Gasteiger charge is 2.09. The second kappa shape index (κ2) is 11.9. The molecular formula is C27H30BFNS. The molecule has 0 amide bonds. The van der Waals surface area contributed by atoms with Gasteiger partial charge >= 0.3 is 0 Å². The van der Waals surface area contributed by atoms with Crippen molar-refractivity contribution in [1.82, 2.24) is 0 Å². The largest absolute Gasteiger partial charge is 0.260 e. The van der Waals surface area contributed by atoms with Crippen LogP contribution >= 0.6 is 12.1 Å². The number of hydrogen-bond donors (Lipinski definition) is 0. The zero-order valence-electron chi connectivity index (χ0n) is 18.6. The van der Waals surface area contributed by atoms with Crippen molar-refractivity contribution in [2.24, 2.45) is 10.9 Å². The van der Waals surface area contributed by atoms with Gasteiger partial charge < -0.3 is 0 Å². The Labute approximate surface area is 191 Å². The van der Waals surface area contributed by atoms with Gasteiger partial charge in [-0.2, -0.15) is 3.89 Å². The Hall–Kier alpha value is -2.33. The second-order valence-corrected chi connectivity index (χ2v) is 8.63. The van der Waals surface area contributed by atoms with E-state index in [2.05, 4.69) is 70.5 Å². The van der Waals surface area contributed by atoms with E-state index in [9.17, 15) is 3.89 Å². The molecule has 0 N–H and O–H groups in total. The topological polar surface area (TPSA) is 12.4 Å². The first-order valence-electron chi connectivity index (χ1n) is 11.0. The molecule has 1 heterocycles. The minimum Gasteiger partial charge on any atom is -0.260 e. The van der Waals surface area contributed by atoms with Gasteiger partial charge in [-0.1, -0.05) is 79.5 Å². The fraction of sp³-hybridized carbons (Fsp3) is 0.296. The number of nitrogens with zero attached hydrogens (tertiary/aromatic N) is 1. The van der Waals surface area contributed by atoms with Crippen LogP contribution in [0.4, 0.5) is 3.89 Å². The monoisotopic (exact) mass is 430 g/mol. The third-order valence-electron chi connectivity index (χ3n) is 5.45. The van der Waals surface area contributed by atoms with Crippen molar-refractivity contribution in [3.63, 3.8) is 0 Å². The molecule has 1 aliphatic heterocycles. The van der Waals surface area contributed by atoms with Crippen LogP contribution in [0, 0.1) is 5.92 Å². The highest BCUT2D eigenvalue weighted by molar-refractivity contribution is 7.94. The van der Waals surface area contributed by atoms with E-state index in [4.69, 9.17) is 4.99 Å². The molecule has 0 saturated carbocycles. The number of halogens is 1. The van der Waals surface area contributed by atoms with E-state index in [1.54, 1.807) is 0 Å². The summed E-state index contributed by atoms with van der Waals surface area (Å²) in [5.41, 5.74) is 7.20. The smallest absolute Gasteiger partial charge is 0.156 e. The third-order valence-corrected chi connectivity index (χ3v) is 5.90. The van der Waals surface area contributed by atoms with Gasteiger partial charge in [-0.05, 0) is 55.8 Å². The molecule has 159 valence electrons. The first-order valence-corrected chi connectivity index (χ1v) is 11.7. The van der Waals surface area contributed by atoms with Crippen LogP contribution in [0.2, 0.25) is 0 Å². The number of hydrogen-bond acceptors (Lipinski definition) is 2. The standard InChI is InChI=1S/C27H30BFNS/c1-4-7-26(23-14-16-25(31-29)17-15-23)28-18-22-10-12-24(13-11-22)27-21(3)9-6-5-8-20(2)19-30-27/h5,7-8,10-17,19-20H,4,6,9,18H2,1-3H3/b8-5-,26-7-,27-21?,30-19?. The summed E-state index contributed by atoms with van der Waals surface area (Å²) in [5, 5.41) is 0. The molecule has 2 aromatic rings. The fourth-order valence-corrected chi connectivity index (χ4v) is 3.91. The van der Waals surface area contributed by atoms with Gasteiger partial charge in [0.05, 0.1) is 17.8 Å². The van der Waals surface area contributed by atoms with Crippen molar-refractivity contribution in [2.45, 2.75) is 51.2 Å². The minimum atomic E-state index is 0.283. The summed E-state index contributed by atoms with van der Waals surface area (Å²) >= 11 is 0.283. The Bertz CT molecular complexity index is 971. The minimum absolute atomic E-state index is 0.283. The summed E-state index contributed by atoms with van der Waals surface area (Å²) in [4.78, 5) is 5.45. The lowest BCUT2D eigenvalue weighted by molar-refractivity contribution is 0.934. The van der Waals surface area contributed by atoms with Crippen molar-refractivity contribution >= 4 is 36.8 Å². The number of rotatable bonds is 7. The maximum absolute atomic E-state index is 12.7. The number of aliphatic imine (C=N–C) groups is 1. The summed E-state index contributed by atoms with van der Waals surface area (Å²) in [6, 6.07) is 16.4. The maximum atomic E-state index is 12.7. The van der Waals surface area contributed by atoms with Crippen molar-refractivity contribution < 1.29 is 3.89 Å². The van der Waals surface area contributed by atoms with Crippen LogP contribution in [0.15, 0.2) is 82.2 Å². The van der Waals surface area contributed by atoms with Gasteiger partial charge in [-0.25, -0.2) is 0 Å². The Morgan fingerprint density at radius 2 is 1.90 bits per heavy atom. The van der Waals surface area contributed by atoms with Gasteiger partial charge in [0.2, 0.25) is 0 Å². The Kier molecular flexibility index (Phi) is 8.96. The molecule has 0 aliphatic carbocycles. The molecule has 0 bridgehead atoms. The van der Waals surface area contributed by atoms with E-state index in [1.807, 2.05) is 30.5 Å². The lowest BCUT2D eigenvalue weighted by atomic mass is 9.62. The van der Waals surface area contributed by atoms with Crippen LogP contribution in [0.1, 0.15) is 56.7 Å². The summed E-state index contributed by atoms with van der Waals surface area (Å²) in [7, 11) is 2.26. The van der Waals surface area contributed by atoms with E-state index in [-0.39, 0.29) is 12.1 Å². The van der Waals surface area contributed by atoms with E-state index < -0.39 is 0 Å². The lowest BCUT2D eigenvalue weighted by Crippen LogP contribution is -2.02. The zero-order valence-corrected chi connectivity index (χ0v) is 19.5. The second-order valence-electron chi connectivity index (χ2n) is 8.01. The molecular weight excluding hydrogens is 400 g/mol. The third kappa shape index (κ3) is 6.83.